The number of methoxy groups -OCH3 is 1. The van der Waals surface area contributed by atoms with Crippen molar-refractivity contribution in [2.45, 2.75) is 6.92 Å². The molecule has 0 aliphatic rings. The molecule has 0 bridgehead atoms. The van der Waals surface area contributed by atoms with E-state index < -0.39 is 0 Å². The van der Waals surface area contributed by atoms with E-state index in [1.54, 1.807) is 25.3 Å². The number of amides is 1. The zero-order valence-electron chi connectivity index (χ0n) is 10.2. The van der Waals surface area contributed by atoms with Gasteiger partial charge in [-0.3, -0.25) is 4.79 Å². The molecule has 0 spiro atoms. The number of nitrogens with two attached hydrogens (primary N) is 1. The summed E-state index contributed by atoms with van der Waals surface area (Å²) < 4.78 is 10.2. The molecule has 0 aromatic heterocycles. The minimum Gasteiger partial charge on any atom is -0.493 e. The first-order valence-electron chi connectivity index (χ1n) is 5.48. The highest BCUT2D eigenvalue weighted by Crippen LogP contribution is 2.21. The lowest BCUT2D eigenvalue weighted by molar-refractivity contribution is 0.0933. The molecule has 0 radical (unpaired) electrons. The lowest BCUT2D eigenvalue weighted by atomic mass is 10.1. The molecule has 0 unspecified atom stereocenters. The van der Waals surface area contributed by atoms with Crippen LogP contribution in [0, 0.1) is 0 Å². The highest BCUT2D eigenvalue weighted by molar-refractivity contribution is 5.97. The number of rotatable bonds is 6. The van der Waals surface area contributed by atoms with E-state index in [-0.39, 0.29) is 5.91 Å². The SMILES string of the molecule is CCOc1ccc(N)cc1C(=O)NCCOC. The fraction of sp³-hybridized carbons (Fsp3) is 0.417. The molecule has 0 saturated heterocycles. The number of ether oxygens (including phenoxy) is 2. The first kappa shape index (κ1) is 13.3. The summed E-state index contributed by atoms with van der Waals surface area (Å²) in [5, 5.41) is 2.73. The Hall–Kier alpha value is -1.75. The van der Waals surface area contributed by atoms with Crippen LogP contribution in [-0.2, 0) is 4.74 Å². The van der Waals surface area contributed by atoms with Gasteiger partial charge in [-0.2, -0.15) is 0 Å². The minimum atomic E-state index is -0.210. The van der Waals surface area contributed by atoms with Crippen molar-refractivity contribution in [3.63, 3.8) is 0 Å². The third kappa shape index (κ3) is 3.96. The van der Waals surface area contributed by atoms with Gasteiger partial charge < -0.3 is 20.5 Å². The predicted octanol–water partition coefficient (Wildman–Crippen LogP) is 1.04. The van der Waals surface area contributed by atoms with Gasteiger partial charge in [0.05, 0.1) is 18.8 Å². The molecule has 0 fully saturated rings. The molecular weight excluding hydrogens is 220 g/mol. The highest BCUT2D eigenvalue weighted by Gasteiger charge is 2.12. The number of nitrogen functional groups attached to an aromatic ring is 1. The maximum atomic E-state index is 11.9. The molecule has 5 heteroatoms. The van der Waals surface area contributed by atoms with Crippen molar-refractivity contribution < 1.29 is 14.3 Å². The molecule has 0 aliphatic carbocycles. The van der Waals surface area contributed by atoms with Gasteiger partial charge in [0.2, 0.25) is 0 Å². The number of carbonyl (C=O) groups is 1. The van der Waals surface area contributed by atoms with Gasteiger partial charge in [-0.15, -0.1) is 0 Å². The summed E-state index contributed by atoms with van der Waals surface area (Å²) in [6.07, 6.45) is 0. The molecule has 0 saturated carbocycles. The first-order chi connectivity index (χ1) is 8.19. The van der Waals surface area contributed by atoms with Gasteiger partial charge in [0.15, 0.2) is 0 Å². The molecule has 0 heterocycles. The van der Waals surface area contributed by atoms with Gasteiger partial charge in [0, 0.05) is 19.3 Å². The summed E-state index contributed by atoms with van der Waals surface area (Å²) in [7, 11) is 1.58. The zero-order chi connectivity index (χ0) is 12.7. The van der Waals surface area contributed by atoms with E-state index in [9.17, 15) is 4.79 Å². The summed E-state index contributed by atoms with van der Waals surface area (Å²) in [5.41, 5.74) is 6.64. The molecule has 3 N–H and O–H groups in total. The Bertz CT molecular complexity index is 380. The van der Waals surface area contributed by atoms with Gasteiger partial charge in [0.1, 0.15) is 5.75 Å². The van der Waals surface area contributed by atoms with Crippen LogP contribution in [-0.4, -0.2) is 32.8 Å². The minimum absolute atomic E-state index is 0.210. The number of anilines is 1. The van der Waals surface area contributed by atoms with Crippen LogP contribution in [0.3, 0.4) is 0 Å². The van der Waals surface area contributed by atoms with Crippen LogP contribution in [0.15, 0.2) is 18.2 Å². The Labute approximate surface area is 101 Å². The van der Waals surface area contributed by atoms with E-state index in [4.69, 9.17) is 15.2 Å². The smallest absolute Gasteiger partial charge is 0.255 e. The summed E-state index contributed by atoms with van der Waals surface area (Å²) in [4.78, 5) is 11.9. The van der Waals surface area contributed by atoms with Crippen molar-refractivity contribution in [1.29, 1.82) is 0 Å². The Kier molecular flexibility index (Phi) is 5.29. The van der Waals surface area contributed by atoms with Gasteiger partial charge in [-0.25, -0.2) is 0 Å². The largest absolute Gasteiger partial charge is 0.493 e. The van der Waals surface area contributed by atoms with Crippen LogP contribution in [0.2, 0.25) is 0 Å². The summed E-state index contributed by atoms with van der Waals surface area (Å²) in [5.74, 6) is 0.328. The second kappa shape index (κ2) is 6.75. The normalized spacial score (nSPS) is 10.0. The quantitative estimate of drug-likeness (QED) is 0.573. The van der Waals surface area contributed by atoms with Crippen LogP contribution in [0.4, 0.5) is 5.69 Å². The van der Waals surface area contributed by atoms with Crippen molar-refractivity contribution in [2.75, 3.05) is 32.6 Å². The summed E-state index contributed by atoms with van der Waals surface area (Å²) >= 11 is 0. The number of nitrogens with one attached hydrogen (secondary N) is 1. The van der Waals surface area contributed by atoms with E-state index in [1.807, 2.05) is 6.92 Å². The topological polar surface area (TPSA) is 73.6 Å². The van der Waals surface area contributed by atoms with E-state index in [2.05, 4.69) is 5.32 Å². The molecule has 0 aliphatic heterocycles. The fourth-order valence-electron chi connectivity index (χ4n) is 1.37. The maximum Gasteiger partial charge on any atom is 0.255 e. The monoisotopic (exact) mass is 238 g/mol. The van der Waals surface area contributed by atoms with Crippen LogP contribution in [0.5, 0.6) is 5.75 Å². The second-order valence-electron chi connectivity index (χ2n) is 3.44. The van der Waals surface area contributed by atoms with Gasteiger partial charge in [-0.1, -0.05) is 0 Å². The molecular formula is C12H18N2O3. The van der Waals surface area contributed by atoms with Crippen LogP contribution in [0.1, 0.15) is 17.3 Å². The summed E-state index contributed by atoms with van der Waals surface area (Å²) in [6.45, 7) is 3.29. The lowest BCUT2D eigenvalue weighted by Crippen LogP contribution is -2.27. The predicted molar refractivity (Wildman–Crippen MR) is 66.2 cm³/mol. The highest BCUT2D eigenvalue weighted by atomic mass is 16.5. The molecule has 94 valence electrons. The Morgan fingerprint density at radius 3 is 2.88 bits per heavy atom. The number of hydrogen-bond acceptors (Lipinski definition) is 4. The average molecular weight is 238 g/mol. The van der Waals surface area contributed by atoms with Crippen molar-refractivity contribution in [3.05, 3.63) is 23.8 Å². The zero-order valence-corrected chi connectivity index (χ0v) is 10.2. The molecule has 1 rings (SSSR count). The number of hydrogen-bond donors (Lipinski definition) is 2. The van der Waals surface area contributed by atoms with Crippen molar-refractivity contribution in [3.8, 4) is 5.75 Å². The second-order valence-corrected chi connectivity index (χ2v) is 3.44. The average Bonchev–Trinajstić information content (AvgIpc) is 2.32. The molecule has 0 atom stereocenters. The van der Waals surface area contributed by atoms with Crippen molar-refractivity contribution in [1.82, 2.24) is 5.32 Å². The first-order valence-corrected chi connectivity index (χ1v) is 5.48. The standard InChI is InChI=1S/C12H18N2O3/c1-3-17-11-5-4-9(13)8-10(11)12(15)14-6-7-16-2/h4-5,8H,3,6-7,13H2,1-2H3,(H,14,15). The number of benzene rings is 1. The van der Waals surface area contributed by atoms with Crippen molar-refractivity contribution in [2.24, 2.45) is 0 Å². The van der Waals surface area contributed by atoms with E-state index in [0.717, 1.165) is 0 Å². The fourth-order valence-corrected chi connectivity index (χ4v) is 1.37. The summed E-state index contributed by atoms with van der Waals surface area (Å²) in [6, 6.07) is 5.01. The lowest BCUT2D eigenvalue weighted by Gasteiger charge is -2.11. The van der Waals surface area contributed by atoms with Crippen LogP contribution >= 0.6 is 0 Å². The van der Waals surface area contributed by atoms with Crippen LogP contribution < -0.4 is 15.8 Å². The van der Waals surface area contributed by atoms with E-state index in [0.29, 0.717) is 36.8 Å². The Morgan fingerprint density at radius 2 is 2.24 bits per heavy atom. The van der Waals surface area contributed by atoms with Crippen LogP contribution in [0.25, 0.3) is 0 Å². The third-order valence-electron chi connectivity index (χ3n) is 2.14. The van der Waals surface area contributed by atoms with E-state index >= 15 is 0 Å². The van der Waals surface area contributed by atoms with E-state index in [1.165, 1.54) is 0 Å². The molecule has 17 heavy (non-hydrogen) atoms. The molecule has 1 amide bonds. The number of carbonyl (C=O) groups excluding carboxylic acids is 1. The van der Waals surface area contributed by atoms with Gasteiger partial charge in [0.25, 0.3) is 5.91 Å². The Balaban J connectivity index is 2.78. The molecule has 5 nitrogen and oxygen atoms in total. The maximum absolute atomic E-state index is 11.9. The molecule has 1 aromatic carbocycles. The van der Waals surface area contributed by atoms with Gasteiger partial charge in [-0.05, 0) is 25.1 Å². The van der Waals surface area contributed by atoms with Gasteiger partial charge >= 0.3 is 0 Å². The third-order valence-corrected chi connectivity index (χ3v) is 2.14. The van der Waals surface area contributed by atoms with Crippen molar-refractivity contribution >= 4 is 11.6 Å². The molecule has 1 aromatic rings. The Morgan fingerprint density at radius 1 is 1.47 bits per heavy atom.